The van der Waals surface area contributed by atoms with Crippen molar-refractivity contribution < 1.29 is 4.79 Å². The molecule has 2 N–H and O–H groups in total. The Labute approximate surface area is 120 Å². The van der Waals surface area contributed by atoms with Gasteiger partial charge in [0.1, 0.15) is 11.5 Å². The van der Waals surface area contributed by atoms with Gasteiger partial charge in [-0.25, -0.2) is 4.98 Å². The molecule has 0 aliphatic carbocycles. The van der Waals surface area contributed by atoms with Crippen LogP contribution in [0.2, 0.25) is 0 Å². The van der Waals surface area contributed by atoms with Gasteiger partial charge in [0.25, 0.3) is 5.91 Å². The molecule has 2 rings (SSSR count). The Morgan fingerprint density at radius 3 is 2.95 bits per heavy atom. The highest BCUT2D eigenvalue weighted by atomic mass is 79.9. The van der Waals surface area contributed by atoms with Gasteiger partial charge >= 0.3 is 0 Å². The number of hydrogen-bond donors (Lipinski definition) is 2. The summed E-state index contributed by atoms with van der Waals surface area (Å²) in [6.07, 6.45) is 6.14. The van der Waals surface area contributed by atoms with E-state index in [1.807, 2.05) is 30.7 Å². The lowest BCUT2D eigenvalue weighted by Gasteiger charge is -2.15. The van der Waals surface area contributed by atoms with Gasteiger partial charge in [0.2, 0.25) is 0 Å². The number of hydrogen-bond acceptors (Lipinski definition) is 2. The summed E-state index contributed by atoms with van der Waals surface area (Å²) in [6.45, 7) is 4.78. The molecular formula is C13H17BrN4O. The predicted octanol–water partition coefficient (Wildman–Crippen LogP) is 2.87. The summed E-state index contributed by atoms with van der Waals surface area (Å²) in [5.41, 5.74) is 0.652. The fraction of sp³-hybridized carbons (Fsp3) is 0.385. The van der Waals surface area contributed by atoms with Crippen molar-refractivity contribution in [1.29, 1.82) is 0 Å². The van der Waals surface area contributed by atoms with Crippen LogP contribution in [0.15, 0.2) is 29.1 Å². The minimum absolute atomic E-state index is 0.0872. The lowest BCUT2D eigenvalue weighted by Crippen LogP contribution is -2.30. The zero-order chi connectivity index (χ0) is 13.8. The molecule has 2 aromatic heterocycles. The van der Waals surface area contributed by atoms with Gasteiger partial charge in [0.05, 0.1) is 6.04 Å². The Balaban J connectivity index is 2.15. The van der Waals surface area contributed by atoms with Crippen LogP contribution < -0.4 is 5.32 Å². The average Bonchev–Trinajstić information content (AvgIpc) is 3.04. The average molecular weight is 325 g/mol. The van der Waals surface area contributed by atoms with Gasteiger partial charge in [-0.3, -0.25) is 4.79 Å². The molecule has 0 saturated carbocycles. The summed E-state index contributed by atoms with van der Waals surface area (Å²) in [5, 5.41) is 3.00. The SMILES string of the molecule is CCC(NC(=O)c1cc(Br)cn1CC)c1ncc[nH]1. The number of aromatic nitrogens is 3. The highest BCUT2D eigenvalue weighted by Gasteiger charge is 2.18. The fourth-order valence-corrected chi connectivity index (χ4v) is 2.45. The van der Waals surface area contributed by atoms with Crippen molar-refractivity contribution >= 4 is 21.8 Å². The monoisotopic (exact) mass is 324 g/mol. The van der Waals surface area contributed by atoms with E-state index < -0.39 is 0 Å². The molecule has 1 unspecified atom stereocenters. The third kappa shape index (κ3) is 3.07. The predicted molar refractivity (Wildman–Crippen MR) is 76.9 cm³/mol. The first-order valence-corrected chi connectivity index (χ1v) is 7.10. The van der Waals surface area contributed by atoms with Crippen molar-refractivity contribution in [2.75, 3.05) is 0 Å². The standard InChI is InChI=1S/C13H17BrN4O/c1-3-10(12-15-5-6-16-12)17-13(19)11-7-9(14)8-18(11)4-2/h5-8,10H,3-4H2,1-2H3,(H,15,16)(H,17,19). The Morgan fingerprint density at radius 2 is 2.37 bits per heavy atom. The van der Waals surface area contributed by atoms with E-state index in [0.717, 1.165) is 23.3 Å². The Morgan fingerprint density at radius 1 is 1.58 bits per heavy atom. The molecule has 0 aliphatic heterocycles. The van der Waals surface area contributed by atoms with Gasteiger partial charge in [-0.1, -0.05) is 6.92 Å². The van der Waals surface area contributed by atoms with Crippen LogP contribution in [-0.4, -0.2) is 20.4 Å². The minimum atomic E-state index is -0.0959. The topological polar surface area (TPSA) is 62.7 Å². The number of carbonyl (C=O) groups excluding carboxylic acids is 1. The molecule has 0 fully saturated rings. The summed E-state index contributed by atoms with van der Waals surface area (Å²) >= 11 is 3.39. The molecule has 0 aromatic carbocycles. The maximum Gasteiger partial charge on any atom is 0.268 e. The van der Waals surface area contributed by atoms with Crippen LogP contribution in [0.1, 0.15) is 42.6 Å². The summed E-state index contributed by atoms with van der Waals surface area (Å²) < 4.78 is 2.82. The maximum atomic E-state index is 12.3. The third-order valence-electron chi connectivity index (χ3n) is 3.00. The van der Waals surface area contributed by atoms with Crippen LogP contribution in [0.4, 0.5) is 0 Å². The van der Waals surface area contributed by atoms with Crippen molar-refractivity contribution in [2.24, 2.45) is 0 Å². The molecule has 2 aromatic rings. The number of carbonyl (C=O) groups is 1. The van der Waals surface area contributed by atoms with Gasteiger partial charge in [-0.05, 0) is 35.3 Å². The number of halogens is 1. The summed E-state index contributed by atoms with van der Waals surface area (Å²) in [5.74, 6) is 0.695. The number of amides is 1. The van der Waals surface area contributed by atoms with Crippen LogP contribution in [-0.2, 0) is 6.54 Å². The second kappa shape index (κ2) is 6.06. The van der Waals surface area contributed by atoms with Crippen molar-refractivity contribution in [3.8, 4) is 0 Å². The minimum Gasteiger partial charge on any atom is -0.347 e. The number of H-pyrrole nitrogens is 1. The van der Waals surface area contributed by atoms with Gasteiger partial charge < -0.3 is 14.9 Å². The van der Waals surface area contributed by atoms with Crippen molar-refractivity contribution in [3.63, 3.8) is 0 Å². The highest BCUT2D eigenvalue weighted by molar-refractivity contribution is 9.10. The normalized spacial score (nSPS) is 12.4. The number of aromatic amines is 1. The van der Waals surface area contributed by atoms with E-state index in [4.69, 9.17) is 0 Å². The fourth-order valence-electron chi connectivity index (χ4n) is 1.99. The van der Waals surface area contributed by atoms with Gasteiger partial charge in [0, 0.05) is 29.6 Å². The maximum absolute atomic E-state index is 12.3. The molecule has 5 nitrogen and oxygen atoms in total. The van der Waals surface area contributed by atoms with Crippen LogP contribution in [0, 0.1) is 0 Å². The number of nitrogens with one attached hydrogen (secondary N) is 2. The second-order valence-corrected chi connectivity index (χ2v) is 5.15. The van der Waals surface area contributed by atoms with Gasteiger partial charge in [-0.2, -0.15) is 0 Å². The van der Waals surface area contributed by atoms with Crippen LogP contribution in [0.3, 0.4) is 0 Å². The summed E-state index contributed by atoms with van der Waals surface area (Å²) in [4.78, 5) is 19.5. The third-order valence-corrected chi connectivity index (χ3v) is 3.43. The molecule has 0 aliphatic rings. The lowest BCUT2D eigenvalue weighted by molar-refractivity contribution is 0.0924. The molecular weight excluding hydrogens is 308 g/mol. The Kier molecular flexibility index (Phi) is 4.42. The molecule has 0 spiro atoms. The van der Waals surface area contributed by atoms with E-state index in [1.165, 1.54) is 0 Å². The van der Waals surface area contributed by atoms with E-state index in [-0.39, 0.29) is 11.9 Å². The first-order chi connectivity index (χ1) is 9.15. The van der Waals surface area contributed by atoms with Crippen LogP contribution >= 0.6 is 15.9 Å². The van der Waals surface area contributed by atoms with E-state index >= 15 is 0 Å². The van der Waals surface area contributed by atoms with E-state index in [9.17, 15) is 4.79 Å². The van der Waals surface area contributed by atoms with Crippen LogP contribution in [0.5, 0.6) is 0 Å². The van der Waals surface area contributed by atoms with Gasteiger partial charge in [-0.15, -0.1) is 0 Å². The van der Waals surface area contributed by atoms with E-state index in [1.54, 1.807) is 12.4 Å². The number of nitrogens with zero attached hydrogens (tertiary/aromatic N) is 2. The Bertz CT molecular complexity index is 547. The summed E-state index contributed by atoms with van der Waals surface area (Å²) in [7, 11) is 0. The second-order valence-electron chi connectivity index (χ2n) is 4.24. The molecule has 1 amide bonds. The zero-order valence-corrected chi connectivity index (χ0v) is 12.6. The highest BCUT2D eigenvalue weighted by Crippen LogP contribution is 2.17. The largest absolute Gasteiger partial charge is 0.347 e. The molecule has 102 valence electrons. The first-order valence-electron chi connectivity index (χ1n) is 6.31. The molecule has 6 heteroatoms. The summed E-state index contributed by atoms with van der Waals surface area (Å²) in [6, 6.07) is 1.73. The van der Waals surface area contributed by atoms with Gasteiger partial charge in [0.15, 0.2) is 0 Å². The molecule has 1 atom stereocenters. The molecule has 2 heterocycles. The number of imidazole rings is 1. The van der Waals surface area contributed by atoms with E-state index in [0.29, 0.717) is 5.69 Å². The zero-order valence-electron chi connectivity index (χ0n) is 11.0. The van der Waals surface area contributed by atoms with Crippen molar-refractivity contribution in [2.45, 2.75) is 32.9 Å². The Hall–Kier alpha value is -1.56. The number of rotatable bonds is 5. The molecule has 0 radical (unpaired) electrons. The quantitative estimate of drug-likeness (QED) is 0.888. The van der Waals surface area contributed by atoms with Crippen molar-refractivity contribution in [3.05, 3.63) is 40.6 Å². The number of aryl methyl sites for hydroxylation is 1. The first kappa shape index (κ1) is 13.9. The molecule has 0 bridgehead atoms. The van der Waals surface area contributed by atoms with E-state index in [2.05, 4.69) is 31.2 Å². The van der Waals surface area contributed by atoms with Crippen LogP contribution in [0.25, 0.3) is 0 Å². The molecule has 0 saturated heterocycles. The van der Waals surface area contributed by atoms with Crippen molar-refractivity contribution in [1.82, 2.24) is 19.9 Å². The smallest absolute Gasteiger partial charge is 0.268 e. The molecule has 19 heavy (non-hydrogen) atoms. The lowest BCUT2D eigenvalue weighted by atomic mass is 10.2.